The summed E-state index contributed by atoms with van der Waals surface area (Å²) in [4.78, 5) is 14.6. The molecule has 0 saturated heterocycles. The molecule has 0 aliphatic rings. The van der Waals surface area contributed by atoms with E-state index in [0.717, 1.165) is 5.56 Å². The molecule has 0 aromatic heterocycles. The van der Waals surface area contributed by atoms with Crippen LogP contribution in [0.1, 0.15) is 15.9 Å². The van der Waals surface area contributed by atoms with Crippen LogP contribution < -0.4 is 18.5 Å². The first kappa shape index (κ1) is 24.9. The highest BCUT2D eigenvalue weighted by molar-refractivity contribution is 7.92. The molecule has 9 heteroatoms. The van der Waals surface area contributed by atoms with Gasteiger partial charge >= 0.3 is 0 Å². The van der Waals surface area contributed by atoms with E-state index < -0.39 is 10.0 Å². The van der Waals surface area contributed by atoms with Crippen LogP contribution in [0, 0.1) is 0 Å². The summed E-state index contributed by atoms with van der Waals surface area (Å²) >= 11 is 0. The highest BCUT2D eigenvalue weighted by atomic mass is 32.2. The van der Waals surface area contributed by atoms with Gasteiger partial charge < -0.3 is 19.1 Å². The van der Waals surface area contributed by atoms with Crippen LogP contribution in [-0.2, 0) is 16.6 Å². The first-order valence-corrected chi connectivity index (χ1v) is 11.8. The minimum absolute atomic E-state index is 0.144. The van der Waals surface area contributed by atoms with Crippen LogP contribution in [0.3, 0.4) is 0 Å². The lowest BCUT2D eigenvalue weighted by atomic mass is 10.1. The number of nitrogens with zero attached hydrogens (tertiary/aromatic N) is 2. The zero-order valence-electron chi connectivity index (χ0n) is 19.8. The Morgan fingerprint density at radius 1 is 0.794 bits per heavy atom. The summed E-state index contributed by atoms with van der Waals surface area (Å²) in [6.45, 7) is 0.368. The van der Waals surface area contributed by atoms with Gasteiger partial charge in [0.1, 0.15) is 5.75 Å². The van der Waals surface area contributed by atoms with Crippen LogP contribution in [0.2, 0.25) is 0 Å². The van der Waals surface area contributed by atoms with E-state index in [0.29, 0.717) is 35.0 Å². The smallest absolute Gasteiger partial charge is 0.264 e. The Balaban J connectivity index is 1.73. The molecule has 3 aromatic carbocycles. The lowest BCUT2D eigenvalue weighted by Crippen LogP contribution is -2.27. The Morgan fingerprint density at radius 2 is 1.41 bits per heavy atom. The van der Waals surface area contributed by atoms with Crippen LogP contribution in [-0.4, -0.2) is 54.6 Å². The zero-order valence-corrected chi connectivity index (χ0v) is 20.6. The van der Waals surface area contributed by atoms with Crippen LogP contribution in [0.4, 0.5) is 5.69 Å². The van der Waals surface area contributed by atoms with Gasteiger partial charge in [-0.05, 0) is 66.2 Å². The van der Waals surface area contributed by atoms with Crippen LogP contribution in [0.15, 0.2) is 71.6 Å². The molecule has 0 bridgehead atoms. The van der Waals surface area contributed by atoms with Crippen LogP contribution in [0.5, 0.6) is 17.2 Å². The summed E-state index contributed by atoms with van der Waals surface area (Å²) in [5.74, 6) is 1.58. The second-order valence-electron chi connectivity index (χ2n) is 7.55. The fraction of sp³-hybridized carbons (Fsp3) is 0.240. The molecule has 0 N–H and O–H groups in total. The average Bonchev–Trinajstić information content (AvgIpc) is 2.87. The second kappa shape index (κ2) is 10.5. The molecule has 0 heterocycles. The van der Waals surface area contributed by atoms with Gasteiger partial charge in [-0.3, -0.25) is 9.10 Å². The molecule has 0 radical (unpaired) electrons. The Kier molecular flexibility index (Phi) is 7.68. The minimum Gasteiger partial charge on any atom is -0.497 e. The van der Waals surface area contributed by atoms with Gasteiger partial charge in [-0.1, -0.05) is 6.07 Å². The van der Waals surface area contributed by atoms with Gasteiger partial charge in [0.05, 0.1) is 31.9 Å². The van der Waals surface area contributed by atoms with Crippen molar-refractivity contribution in [2.75, 3.05) is 39.7 Å². The Labute approximate surface area is 200 Å². The number of carbonyl (C=O) groups is 1. The Bertz CT molecular complexity index is 1240. The van der Waals surface area contributed by atoms with Crippen molar-refractivity contribution in [3.63, 3.8) is 0 Å². The standard InChI is InChI=1S/C25H28N2O6S/c1-26(17-18-6-15-23(32-4)24(16-18)33-5)25(28)19-7-9-20(10-8-19)27(2)34(29,30)22-13-11-21(31-3)12-14-22/h6-16H,17H2,1-5H3. The number of amides is 1. The molecule has 3 rings (SSSR count). The van der Waals surface area contributed by atoms with Gasteiger partial charge in [-0.2, -0.15) is 0 Å². The molecule has 180 valence electrons. The summed E-state index contributed by atoms with van der Waals surface area (Å²) in [5.41, 5.74) is 1.77. The van der Waals surface area contributed by atoms with E-state index in [4.69, 9.17) is 14.2 Å². The predicted molar refractivity (Wildman–Crippen MR) is 130 cm³/mol. The van der Waals surface area contributed by atoms with Gasteiger partial charge in [-0.25, -0.2) is 8.42 Å². The number of anilines is 1. The SMILES string of the molecule is COc1ccc(S(=O)(=O)N(C)c2ccc(C(=O)N(C)Cc3ccc(OC)c(OC)c3)cc2)cc1. The molecular weight excluding hydrogens is 456 g/mol. The zero-order chi connectivity index (χ0) is 24.9. The molecule has 0 aliphatic carbocycles. The highest BCUT2D eigenvalue weighted by Gasteiger charge is 2.22. The van der Waals surface area contributed by atoms with Crippen molar-refractivity contribution in [3.8, 4) is 17.2 Å². The van der Waals surface area contributed by atoms with Crippen molar-refractivity contribution in [2.24, 2.45) is 0 Å². The van der Waals surface area contributed by atoms with Crippen LogP contribution in [0.25, 0.3) is 0 Å². The summed E-state index contributed by atoms with van der Waals surface area (Å²) in [5, 5.41) is 0. The van der Waals surface area contributed by atoms with E-state index in [1.54, 1.807) is 68.6 Å². The number of carbonyl (C=O) groups excluding carboxylic acids is 1. The molecule has 0 saturated carbocycles. The third-order valence-corrected chi connectivity index (χ3v) is 7.21. The number of benzene rings is 3. The number of hydrogen-bond donors (Lipinski definition) is 0. The normalized spacial score (nSPS) is 11.0. The quantitative estimate of drug-likeness (QED) is 0.459. The molecule has 0 fully saturated rings. The molecule has 0 atom stereocenters. The van der Waals surface area contributed by atoms with Gasteiger partial charge in [0.15, 0.2) is 11.5 Å². The molecule has 0 spiro atoms. The molecule has 3 aromatic rings. The van der Waals surface area contributed by atoms with E-state index in [9.17, 15) is 13.2 Å². The summed E-state index contributed by atoms with van der Waals surface area (Å²) in [7, 11) is 4.06. The maximum Gasteiger partial charge on any atom is 0.264 e. The fourth-order valence-electron chi connectivity index (χ4n) is 3.40. The first-order chi connectivity index (χ1) is 16.2. The third-order valence-electron chi connectivity index (χ3n) is 5.41. The van der Waals surface area contributed by atoms with Crippen molar-refractivity contribution in [1.82, 2.24) is 4.90 Å². The maximum absolute atomic E-state index is 13.0. The van der Waals surface area contributed by atoms with E-state index in [1.165, 1.54) is 30.6 Å². The highest BCUT2D eigenvalue weighted by Crippen LogP contribution is 2.28. The number of ether oxygens (including phenoxy) is 3. The van der Waals surface area contributed by atoms with E-state index in [2.05, 4.69) is 0 Å². The Morgan fingerprint density at radius 3 is 1.97 bits per heavy atom. The summed E-state index contributed by atoms with van der Waals surface area (Å²) in [6, 6.07) is 18.1. The summed E-state index contributed by atoms with van der Waals surface area (Å²) in [6.07, 6.45) is 0. The van der Waals surface area contributed by atoms with Crippen molar-refractivity contribution in [2.45, 2.75) is 11.4 Å². The molecule has 8 nitrogen and oxygen atoms in total. The van der Waals surface area contributed by atoms with Crippen LogP contribution >= 0.6 is 0 Å². The molecule has 0 unspecified atom stereocenters. The number of methoxy groups -OCH3 is 3. The van der Waals surface area contributed by atoms with Gasteiger partial charge in [0.2, 0.25) is 0 Å². The van der Waals surface area contributed by atoms with Gasteiger partial charge in [0, 0.05) is 26.2 Å². The Hall–Kier alpha value is -3.72. The molecule has 0 aliphatic heterocycles. The largest absolute Gasteiger partial charge is 0.497 e. The molecular formula is C25H28N2O6S. The molecule has 34 heavy (non-hydrogen) atoms. The number of rotatable bonds is 9. The third kappa shape index (κ3) is 5.26. The fourth-order valence-corrected chi connectivity index (χ4v) is 4.60. The average molecular weight is 485 g/mol. The van der Waals surface area contributed by atoms with Gasteiger partial charge in [0.25, 0.3) is 15.9 Å². The number of hydrogen-bond acceptors (Lipinski definition) is 6. The topological polar surface area (TPSA) is 85.4 Å². The summed E-state index contributed by atoms with van der Waals surface area (Å²) < 4.78 is 42.7. The second-order valence-corrected chi connectivity index (χ2v) is 9.51. The van der Waals surface area contributed by atoms with Gasteiger partial charge in [-0.15, -0.1) is 0 Å². The number of sulfonamides is 1. The van der Waals surface area contributed by atoms with E-state index >= 15 is 0 Å². The predicted octanol–water partition coefficient (Wildman–Crippen LogP) is 3.81. The molecule has 1 amide bonds. The van der Waals surface area contributed by atoms with Crippen molar-refractivity contribution in [3.05, 3.63) is 77.9 Å². The monoisotopic (exact) mass is 484 g/mol. The first-order valence-electron chi connectivity index (χ1n) is 10.4. The van der Waals surface area contributed by atoms with Crippen molar-refractivity contribution in [1.29, 1.82) is 0 Å². The van der Waals surface area contributed by atoms with E-state index in [1.807, 2.05) is 12.1 Å². The maximum atomic E-state index is 13.0. The lowest BCUT2D eigenvalue weighted by Gasteiger charge is -2.21. The van der Waals surface area contributed by atoms with E-state index in [-0.39, 0.29) is 10.8 Å². The van der Waals surface area contributed by atoms with Crippen molar-refractivity contribution >= 4 is 21.6 Å². The minimum atomic E-state index is -3.76. The lowest BCUT2D eigenvalue weighted by molar-refractivity contribution is 0.0785. The van der Waals surface area contributed by atoms with Crippen molar-refractivity contribution < 1.29 is 27.4 Å².